The van der Waals surface area contributed by atoms with E-state index in [4.69, 9.17) is 4.74 Å². The monoisotopic (exact) mass is 310 g/mol. The lowest BCUT2D eigenvalue weighted by Crippen LogP contribution is -2.33. The third-order valence-corrected chi connectivity index (χ3v) is 4.13. The number of benzene rings is 2. The van der Waals surface area contributed by atoms with Crippen molar-refractivity contribution in [3.63, 3.8) is 0 Å². The summed E-state index contributed by atoms with van der Waals surface area (Å²) in [7, 11) is 1.66. The molecule has 0 aliphatic carbocycles. The number of fused-ring (bicyclic) bond motifs is 1. The molecule has 4 nitrogen and oxygen atoms in total. The van der Waals surface area contributed by atoms with Crippen LogP contribution in [0.5, 0.6) is 0 Å². The zero-order valence-electron chi connectivity index (χ0n) is 13.4. The molecule has 0 atom stereocenters. The molecule has 0 radical (unpaired) electrons. The first-order valence-electron chi connectivity index (χ1n) is 7.97. The van der Waals surface area contributed by atoms with Crippen LogP contribution in [0.2, 0.25) is 0 Å². The molecular weight excluding hydrogens is 288 g/mol. The molecule has 0 aromatic heterocycles. The Morgan fingerprint density at radius 1 is 1.22 bits per heavy atom. The number of carbonyl (C=O) groups is 1. The topological polar surface area (TPSA) is 41.6 Å². The number of methoxy groups -OCH3 is 1. The SMILES string of the molecule is COCCN(Cc1ccccc1)C(=O)c1ccc2c(c1)CCN2. The van der Waals surface area contributed by atoms with Crippen molar-refractivity contribution < 1.29 is 9.53 Å². The third kappa shape index (κ3) is 3.71. The van der Waals surface area contributed by atoms with Gasteiger partial charge in [0.05, 0.1) is 6.61 Å². The summed E-state index contributed by atoms with van der Waals surface area (Å²) < 4.78 is 5.17. The van der Waals surface area contributed by atoms with Crippen LogP contribution in [0.15, 0.2) is 48.5 Å². The van der Waals surface area contributed by atoms with Crippen molar-refractivity contribution >= 4 is 11.6 Å². The standard InChI is InChI=1S/C19H22N2O2/c1-23-12-11-21(14-15-5-3-2-4-6-15)19(22)17-7-8-18-16(13-17)9-10-20-18/h2-8,13,20H,9-12,14H2,1H3. The quantitative estimate of drug-likeness (QED) is 0.892. The first kappa shape index (κ1) is 15.6. The number of carbonyl (C=O) groups excluding carboxylic acids is 1. The van der Waals surface area contributed by atoms with E-state index in [1.165, 1.54) is 5.56 Å². The second-order valence-corrected chi connectivity index (χ2v) is 5.75. The predicted molar refractivity (Wildman–Crippen MR) is 91.7 cm³/mol. The Kier molecular flexibility index (Phi) is 4.93. The first-order chi connectivity index (χ1) is 11.3. The Morgan fingerprint density at radius 3 is 2.83 bits per heavy atom. The molecule has 1 N–H and O–H groups in total. The molecule has 0 spiro atoms. The molecule has 2 aromatic carbocycles. The highest BCUT2D eigenvalue weighted by atomic mass is 16.5. The number of rotatable bonds is 6. The van der Waals surface area contributed by atoms with E-state index >= 15 is 0 Å². The van der Waals surface area contributed by atoms with Gasteiger partial charge < -0.3 is 15.0 Å². The van der Waals surface area contributed by atoms with Crippen LogP contribution >= 0.6 is 0 Å². The Balaban J connectivity index is 1.79. The van der Waals surface area contributed by atoms with Crippen LogP contribution in [-0.4, -0.2) is 37.6 Å². The Hall–Kier alpha value is -2.33. The molecule has 0 saturated heterocycles. The molecule has 2 aromatic rings. The molecule has 1 amide bonds. The minimum Gasteiger partial charge on any atom is -0.384 e. The van der Waals surface area contributed by atoms with Crippen LogP contribution in [-0.2, 0) is 17.7 Å². The second kappa shape index (κ2) is 7.29. The summed E-state index contributed by atoms with van der Waals surface area (Å²) in [6, 6.07) is 16.0. The van der Waals surface area contributed by atoms with E-state index in [-0.39, 0.29) is 5.91 Å². The van der Waals surface area contributed by atoms with Crippen LogP contribution in [0.3, 0.4) is 0 Å². The number of hydrogen-bond donors (Lipinski definition) is 1. The highest BCUT2D eigenvalue weighted by Crippen LogP contribution is 2.24. The van der Waals surface area contributed by atoms with Gasteiger partial charge in [0.15, 0.2) is 0 Å². The summed E-state index contributed by atoms with van der Waals surface area (Å²) in [5.41, 5.74) is 4.24. The van der Waals surface area contributed by atoms with Crippen LogP contribution in [0, 0.1) is 0 Å². The average Bonchev–Trinajstić information content (AvgIpc) is 3.06. The number of nitrogens with zero attached hydrogens (tertiary/aromatic N) is 1. The maximum absolute atomic E-state index is 12.9. The van der Waals surface area contributed by atoms with Gasteiger partial charge in [-0.25, -0.2) is 0 Å². The van der Waals surface area contributed by atoms with Gasteiger partial charge in [0.2, 0.25) is 0 Å². The summed E-state index contributed by atoms with van der Waals surface area (Å²) in [5, 5.41) is 3.32. The molecule has 120 valence electrons. The Labute approximate surface area is 137 Å². The largest absolute Gasteiger partial charge is 0.384 e. The zero-order chi connectivity index (χ0) is 16.1. The lowest BCUT2D eigenvalue weighted by molar-refractivity contribution is 0.0680. The molecule has 0 fully saturated rings. The number of hydrogen-bond acceptors (Lipinski definition) is 3. The predicted octanol–water partition coefficient (Wildman–Crippen LogP) is 2.94. The fourth-order valence-corrected chi connectivity index (χ4v) is 2.88. The molecule has 0 saturated carbocycles. The summed E-state index contributed by atoms with van der Waals surface area (Å²) >= 11 is 0. The summed E-state index contributed by atoms with van der Waals surface area (Å²) in [4.78, 5) is 14.8. The van der Waals surface area contributed by atoms with E-state index in [0.717, 1.165) is 29.8 Å². The number of amides is 1. The molecular formula is C19H22N2O2. The van der Waals surface area contributed by atoms with E-state index in [1.54, 1.807) is 7.11 Å². The van der Waals surface area contributed by atoms with Gasteiger partial charge in [0.25, 0.3) is 5.91 Å². The van der Waals surface area contributed by atoms with Crippen molar-refractivity contribution in [1.29, 1.82) is 0 Å². The highest BCUT2D eigenvalue weighted by molar-refractivity contribution is 5.95. The van der Waals surface area contributed by atoms with Gasteiger partial charge in [0.1, 0.15) is 0 Å². The summed E-state index contributed by atoms with van der Waals surface area (Å²) in [5.74, 6) is 0.0561. The fourth-order valence-electron chi connectivity index (χ4n) is 2.88. The van der Waals surface area contributed by atoms with Gasteiger partial charge in [-0.15, -0.1) is 0 Å². The summed E-state index contributed by atoms with van der Waals surface area (Å²) in [6.45, 7) is 2.66. The Bertz CT molecular complexity index is 670. The van der Waals surface area contributed by atoms with Crippen molar-refractivity contribution in [2.75, 3.05) is 32.1 Å². The molecule has 23 heavy (non-hydrogen) atoms. The first-order valence-corrected chi connectivity index (χ1v) is 7.97. The maximum Gasteiger partial charge on any atom is 0.254 e. The summed E-state index contributed by atoms with van der Waals surface area (Å²) in [6.07, 6.45) is 0.979. The van der Waals surface area contributed by atoms with Gasteiger partial charge in [-0.2, -0.15) is 0 Å². The van der Waals surface area contributed by atoms with E-state index < -0.39 is 0 Å². The van der Waals surface area contributed by atoms with E-state index in [1.807, 2.05) is 53.4 Å². The third-order valence-electron chi connectivity index (χ3n) is 4.13. The van der Waals surface area contributed by atoms with Crippen LogP contribution in [0.1, 0.15) is 21.5 Å². The maximum atomic E-state index is 12.9. The van der Waals surface area contributed by atoms with Crippen LogP contribution < -0.4 is 5.32 Å². The zero-order valence-corrected chi connectivity index (χ0v) is 13.4. The highest BCUT2D eigenvalue weighted by Gasteiger charge is 2.18. The van der Waals surface area contributed by atoms with E-state index in [0.29, 0.717) is 19.7 Å². The molecule has 1 heterocycles. The van der Waals surface area contributed by atoms with Crippen molar-refractivity contribution in [3.8, 4) is 0 Å². The molecule has 0 unspecified atom stereocenters. The minimum absolute atomic E-state index is 0.0561. The lowest BCUT2D eigenvalue weighted by Gasteiger charge is -2.23. The number of nitrogens with one attached hydrogen (secondary N) is 1. The van der Waals surface area contributed by atoms with Gasteiger partial charge in [-0.3, -0.25) is 4.79 Å². The fraction of sp³-hybridized carbons (Fsp3) is 0.316. The van der Waals surface area contributed by atoms with Crippen LogP contribution in [0.4, 0.5) is 5.69 Å². The van der Waals surface area contributed by atoms with E-state index in [2.05, 4.69) is 5.32 Å². The molecule has 1 aliphatic heterocycles. The smallest absolute Gasteiger partial charge is 0.254 e. The molecule has 1 aliphatic rings. The minimum atomic E-state index is 0.0561. The molecule has 3 rings (SSSR count). The Morgan fingerprint density at radius 2 is 2.04 bits per heavy atom. The van der Waals surface area contributed by atoms with Gasteiger partial charge >= 0.3 is 0 Å². The van der Waals surface area contributed by atoms with Gasteiger partial charge in [-0.1, -0.05) is 30.3 Å². The molecule has 4 heteroatoms. The van der Waals surface area contributed by atoms with Crippen molar-refractivity contribution in [2.24, 2.45) is 0 Å². The van der Waals surface area contributed by atoms with Crippen molar-refractivity contribution in [3.05, 3.63) is 65.2 Å². The second-order valence-electron chi connectivity index (χ2n) is 5.75. The lowest BCUT2D eigenvalue weighted by atomic mass is 10.1. The van der Waals surface area contributed by atoms with Gasteiger partial charge in [-0.05, 0) is 35.7 Å². The number of ether oxygens (including phenoxy) is 1. The van der Waals surface area contributed by atoms with E-state index in [9.17, 15) is 4.79 Å². The molecule has 0 bridgehead atoms. The number of anilines is 1. The normalized spacial score (nSPS) is 12.6. The van der Waals surface area contributed by atoms with Crippen molar-refractivity contribution in [2.45, 2.75) is 13.0 Å². The van der Waals surface area contributed by atoms with Crippen LogP contribution in [0.25, 0.3) is 0 Å². The van der Waals surface area contributed by atoms with Crippen molar-refractivity contribution in [1.82, 2.24) is 4.90 Å². The average molecular weight is 310 g/mol. The van der Waals surface area contributed by atoms with Gasteiger partial charge in [0, 0.05) is 38.0 Å².